The highest BCUT2D eigenvalue weighted by molar-refractivity contribution is 5.80. The van der Waals surface area contributed by atoms with Crippen molar-refractivity contribution < 1.29 is 14.7 Å². The number of aromatic nitrogens is 2. The van der Waals surface area contributed by atoms with E-state index in [4.69, 9.17) is 0 Å². The Morgan fingerprint density at radius 2 is 2.04 bits per heavy atom. The van der Waals surface area contributed by atoms with Gasteiger partial charge in [-0.1, -0.05) is 31.4 Å². The maximum atomic E-state index is 12.6. The molecule has 2 aromatic rings. The largest absolute Gasteiger partial charge is 0.481 e. The fourth-order valence-electron chi connectivity index (χ4n) is 3.77. The monoisotopic (exact) mass is 371 g/mol. The second kappa shape index (κ2) is 8.33. The molecule has 0 bridgehead atoms. The van der Waals surface area contributed by atoms with Crippen LogP contribution in [-0.2, 0) is 16.1 Å². The number of benzene rings is 1. The number of carbonyl (C=O) groups excluding carboxylic acids is 1. The zero-order valence-corrected chi connectivity index (χ0v) is 15.5. The van der Waals surface area contributed by atoms with Crippen LogP contribution in [0.25, 0.3) is 10.9 Å². The molecule has 0 saturated heterocycles. The molecule has 0 radical (unpaired) electrons. The first-order valence-electron chi connectivity index (χ1n) is 9.44. The third-order valence-electron chi connectivity index (χ3n) is 5.31. The van der Waals surface area contributed by atoms with E-state index in [2.05, 4.69) is 10.3 Å². The highest BCUT2D eigenvalue weighted by Gasteiger charge is 2.30. The van der Waals surface area contributed by atoms with Gasteiger partial charge in [0.05, 0.1) is 23.1 Å². The van der Waals surface area contributed by atoms with Crippen LogP contribution in [0.3, 0.4) is 0 Å². The molecule has 1 saturated carbocycles. The molecule has 1 aliphatic carbocycles. The molecule has 1 aromatic heterocycles. The van der Waals surface area contributed by atoms with Crippen LogP contribution in [0, 0.1) is 12.8 Å². The normalized spacial score (nSPS) is 20.2. The molecular weight excluding hydrogens is 346 g/mol. The predicted octanol–water partition coefficient (Wildman–Crippen LogP) is 2.24. The highest BCUT2D eigenvalue weighted by Crippen LogP contribution is 2.24. The fraction of sp³-hybridized carbons (Fsp3) is 0.500. The molecule has 1 amide bonds. The van der Waals surface area contributed by atoms with Crippen molar-refractivity contribution in [3.8, 4) is 0 Å². The number of nitrogens with zero attached hydrogens (tertiary/aromatic N) is 2. The Balaban J connectivity index is 1.67. The number of carbonyl (C=O) groups is 2. The molecule has 7 heteroatoms. The molecule has 0 aliphatic heterocycles. The number of rotatable bonds is 5. The molecule has 1 aliphatic rings. The summed E-state index contributed by atoms with van der Waals surface area (Å²) in [5.41, 5.74) is 1.43. The fourth-order valence-corrected chi connectivity index (χ4v) is 3.77. The third kappa shape index (κ3) is 4.35. The second-order valence-corrected chi connectivity index (χ2v) is 7.22. The van der Waals surface area contributed by atoms with Gasteiger partial charge in [0.1, 0.15) is 0 Å². The van der Waals surface area contributed by atoms with Gasteiger partial charge in [0.2, 0.25) is 5.91 Å². The summed E-state index contributed by atoms with van der Waals surface area (Å²) in [6, 6.07) is 5.11. The number of hydrogen-bond donors (Lipinski definition) is 2. The summed E-state index contributed by atoms with van der Waals surface area (Å²) in [4.78, 5) is 40.7. The van der Waals surface area contributed by atoms with Crippen LogP contribution in [0.2, 0.25) is 0 Å². The number of aryl methyl sites for hydroxylation is 2. The van der Waals surface area contributed by atoms with E-state index in [-0.39, 0.29) is 30.5 Å². The average Bonchev–Trinajstić information content (AvgIpc) is 2.87. The third-order valence-corrected chi connectivity index (χ3v) is 5.31. The Hall–Kier alpha value is -2.70. The quantitative estimate of drug-likeness (QED) is 0.785. The number of fused-ring (bicyclic) bond motifs is 1. The Kier molecular flexibility index (Phi) is 5.88. The molecule has 27 heavy (non-hydrogen) atoms. The number of aliphatic carboxylic acids is 1. The summed E-state index contributed by atoms with van der Waals surface area (Å²) in [6.45, 7) is 2.12. The van der Waals surface area contributed by atoms with Crippen molar-refractivity contribution in [1.29, 1.82) is 0 Å². The van der Waals surface area contributed by atoms with Crippen molar-refractivity contribution in [3.05, 3.63) is 40.4 Å². The zero-order chi connectivity index (χ0) is 19.4. The van der Waals surface area contributed by atoms with Gasteiger partial charge < -0.3 is 10.4 Å². The lowest BCUT2D eigenvalue weighted by Crippen LogP contribution is -2.43. The summed E-state index contributed by atoms with van der Waals surface area (Å²) in [5, 5.41) is 12.8. The topological polar surface area (TPSA) is 101 Å². The van der Waals surface area contributed by atoms with Crippen LogP contribution in [-0.4, -0.2) is 32.6 Å². The first kappa shape index (κ1) is 19.1. The van der Waals surface area contributed by atoms with Crippen molar-refractivity contribution in [1.82, 2.24) is 14.9 Å². The first-order chi connectivity index (χ1) is 13.0. The molecule has 2 N–H and O–H groups in total. The Morgan fingerprint density at radius 1 is 1.26 bits per heavy atom. The van der Waals surface area contributed by atoms with Crippen LogP contribution >= 0.6 is 0 Å². The minimum atomic E-state index is -0.854. The standard InChI is InChI=1S/C20H25N3O4/c1-13-6-5-8-15-18(13)21-12-23(19(15)25)11-10-17(24)22-16-9-4-2-3-7-14(16)20(26)27/h5-6,8,12,14,16H,2-4,7,9-11H2,1H3,(H,22,24)(H,26,27)/t14-,16+/m1/s1. The second-order valence-electron chi connectivity index (χ2n) is 7.22. The number of carboxylic acids is 1. The van der Waals surface area contributed by atoms with E-state index in [1.807, 2.05) is 19.1 Å². The van der Waals surface area contributed by atoms with Crippen molar-refractivity contribution in [2.24, 2.45) is 5.92 Å². The van der Waals surface area contributed by atoms with Gasteiger partial charge in [-0.25, -0.2) is 4.98 Å². The smallest absolute Gasteiger partial charge is 0.308 e. The summed E-state index contributed by atoms with van der Waals surface area (Å²) < 4.78 is 1.43. The van der Waals surface area contributed by atoms with E-state index in [9.17, 15) is 19.5 Å². The molecule has 3 rings (SSSR count). The molecule has 1 heterocycles. The number of nitrogens with one attached hydrogen (secondary N) is 1. The van der Waals surface area contributed by atoms with Gasteiger partial charge in [-0.2, -0.15) is 0 Å². The Bertz CT molecular complexity index is 906. The number of amides is 1. The molecule has 7 nitrogen and oxygen atoms in total. The predicted molar refractivity (Wildman–Crippen MR) is 101 cm³/mol. The first-order valence-corrected chi connectivity index (χ1v) is 9.44. The molecule has 0 unspecified atom stereocenters. The minimum Gasteiger partial charge on any atom is -0.481 e. The summed E-state index contributed by atoms with van der Waals surface area (Å²) in [6.07, 6.45) is 5.64. The van der Waals surface area contributed by atoms with E-state index in [0.29, 0.717) is 23.7 Å². The number of hydrogen-bond acceptors (Lipinski definition) is 4. The summed E-state index contributed by atoms with van der Waals surface area (Å²) in [7, 11) is 0. The van der Waals surface area contributed by atoms with Crippen molar-refractivity contribution in [2.45, 2.75) is 58.0 Å². The zero-order valence-electron chi connectivity index (χ0n) is 15.5. The van der Waals surface area contributed by atoms with Crippen LogP contribution in [0.5, 0.6) is 0 Å². The van der Waals surface area contributed by atoms with Gasteiger partial charge in [-0.3, -0.25) is 19.0 Å². The Labute approximate surface area is 157 Å². The van der Waals surface area contributed by atoms with Crippen LogP contribution in [0.4, 0.5) is 0 Å². The van der Waals surface area contributed by atoms with E-state index < -0.39 is 11.9 Å². The van der Waals surface area contributed by atoms with Gasteiger partial charge >= 0.3 is 5.97 Å². The van der Waals surface area contributed by atoms with Crippen LogP contribution in [0.15, 0.2) is 29.3 Å². The van der Waals surface area contributed by atoms with Crippen molar-refractivity contribution in [3.63, 3.8) is 0 Å². The maximum Gasteiger partial charge on any atom is 0.308 e. The SMILES string of the molecule is Cc1cccc2c(=O)n(CCC(=O)N[C@H]3CCCCC[C@H]3C(=O)O)cnc12. The minimum absolute atomic E-state index is 0.113. The summed E-state index contributed by atoms with van der Waals surface area (Å²) >= 11 is 0. The summed E-state index contributed by atoms with van der Waals surface area (Å²) in [5.74, 6) is -1.62. The lowest BCUT2D eigenvalue weighted by molar-refractivity contribution is -0.143. The van der Waals surface area contributed by atoms with Gasteiger partial charge in [0.25, 0.3) is 5.56 Å². The van der Waals surface area contributed by atoms with Crippen LogP contribution in [0.1, 0.15) is 44.1 Å². The maximum absolute atomic E-state index is 12.6. The molecule has 1 fully saturated rings. The molecule has 1 aromatic carbocycles. The van der Waals surface area contributed by atoms with Gasteiger partial charge in [-0.05, 0) is 31.4 Å². The molecule has 144 valence electrons. The van der Waals surface area contributed by atoms with Crippen molar-refractivity contribution in [2.75, 3.05) is 0 Å². The lowest BCUT2D eigenvalue weighted by atomic mass is 9.95. The van der Waals surface area contributed by atoms with Gasteiger partial charge in [-0.15, -0.1) is 0 Å². The van der Waals surface area contributed by atoms with Crippen LogP contribution < -0.4 is 10.9 Å². The molecule has 2 atom stereocenters. The molecular formula is C20H25N3O4. The van der Waals surface area contributed by atoms with E-state index >= 15 is 0 Å². The van der Waals surface area contributed by atoms with E-state index in [1.165, 1.54) is 10.9 Å². The molecule has 0 spiro atoms. The number of para-hydroxylation sites is 1. The number of carboxylic acid groups (broad SMARTS) is 1. The van der Waals surface area contributed by atoms with Gasteiger partial charge in [0, 0.05) is 19.0 Å². The van der Waals surface area contributed by atoms with E-state index in [0.717, 1.165) is 24.8 Å². The average molecular weight is 371 g/mol. The van der Waals surface area contributed by atoms with Gasteiger partial charge in [0.15, 0.2) is 0 Å². The van der Waals surface area contributed by atoms with Crippen molar-refractivity contribution >= 4 is 22.8 Å². The van der Waals surface area contributed by atoms with E-state index in [1.54, 1.807) is 6.07 Å². The highest BCUT2D eigenvalue weighted by atomic mass is 16.4. The Morgan fingerprint density at radius 3 is 2.81 bits per heavy atom. The lowest BCUT2D eigenvalue weighted by Gasteiger charge is -2.23.